The van der Waals surface area contributed by atoms with Crippen LogP contribution >= 0.6 is 27.5 Å². The van der Waals surface area contributed by atoms with E-state index in [9.17, 15) is 4.79 Å². The van der Waals surface area contributed by atoms with Crippen molar-refractivity contribution >= 4 is 50.2 Å². The second kappa shape index (κ2) is 7.55. The molecule has 4 nitrogen and oxygen atoms in total. The van der Waals surface area contributed by atoms with E-state index in [0.29, 0.717) is 10.7 Å². The largest absolute Gasteiger partial charge is 0.324 e. The van der Waals surface area contributed by atoms with Crippen LogP contribution < -0.4 is 5.32 Å². The van der Waals surface area contributed by atoms with Gasteiger partial charge in [0.25, 0.3) is 0 Å². The van der Waals surface area contributed by atoms with Gasteiger partial charge in [-0.05, 0) is 42.5 Å². The lowest BCUT2D eigenvalue weighted by Crippen LogP contribution is -2.19. The molecule has 0 unspecified atom stereocenters. The monoisotopic (exact) mass is 439 g/mol. The molecule has 0 aliphatic rings. The molecule has 0 saturated carbocycles. The van der Waals surface area contributed by atoms with Gasteiger partial charge in [0, 0.05) is 20.7 Å². The van der Waals surface area contributed by atoms with E-state index in [0.717, 1.165) is 26.9 Å². The van der Waals surface area contributed by atoms with Gasteiger partial charge >= 0.3 is 0 Å². The highest BCUT2D eigenvalue weighted by atomic mass is 79.9. The predicted molar refractivity (Wildman–Crippen MR) is 113 cm³/mol. The Bertz CT molecular complexity index is 1140. The molecular weight excluding hydrogens is 426 g/mol. The van der Waals surface area contributed by atoms with E-state index in [-0.39, 0.29) is 12.5 Å². The van der Waals surface area contributed by atoms with Crippen LogP contribution in [0.2, 0.25) is 5.02 Å². The highest BCUT2D eigenvalue weighted by Gasteiger charge is 2.15. The van der Waals surface area contributed by atoms with Crippen LogP contribution in [0.15, 0.2) is 77.3 Å². The Hall–Kier alpha value is -2.63. The minimum absolute atomic E-state index is 0.142. The molecule has 1 amide bonds. The Morgan fingerprint density at radius 2 is 1.85 bits per heavy atom. The van der Waals surface area contributed by atoms with E-state index in [1.807, 2.05) is 59.2 Å². The molecule has 27 heavy (non-hydrogen) atoms. The molecule has 0 saturated heterocycles. The van der Waals surface area contributed by atoms with Crippen molar-refractivity contribution in [3.8, 4) is 11.4 Å². The van der Waals surface area contributed by atoms with Crippen molar-refractivity contribution in [1.29, 1.82) is 0 Å². The fourth-order valence-corrected chi connectivity index (χ4v) is 3.58. The number of halogens is 2. The van der Waals surface area contributed by atoms with E-state index in [4.69, 9.17) is 16.6 Å². The highest BCUT2D eigenvalue weighted by molar-refractivity contribution is 9.10. The number of aromatic nitrogens is 2. The molecule has 0 radical (unpaired) electrons. The number of benzene rings is 3. The highest BCUT2D eigenvalue weighted by Crippen LogP contribution is 2.27. The van der Waals surface area contributed by atoms with Crippen LogP contribution in [0.5, 0.6) is 0 Å². The van der Waals surface area contributed by atoms with Gasteiger partial charge in [-0.2, -0.15) is 0 Å². The van der Waals surface area contributed by atoms with Gasteiger partial charge in [0.15, 0.2) is 0 Å². The Kier molecular flexibility index (Phi) is 4.97. The van der Waals surface area contributed by atoms with Crippen LogP contribution in [0.4, 0.5) is 5.69 Å². The number of hydrogen-bond acceptors (Lipinski definition) is 2. The van der Waals surface area contributed by atoms with Gasteiger partial charge in [-0.1, -0.05) is 57.9 Å². The van der Waals surface area contributed by atoms with Crippen LogP contribution in [0, 0.1) is 0 Å². The second-order valence-corrected chi connectivity index (χ2v) is 7.43. The average molecular weight is 441 g/mol. The van der Waals surface area contributed by atoms with E-state index < -0.39 is 0 Å². The second-order valence-electron chi connectivity index (χ2n) is 6.08. The van der Waals surface area contributed by atoms with Crippen LogP contribution in [0.1, 0.15) is 0 Å². The van der Waals surface area contributed by atoms with Crippen LogP contribution in [-0.2, 0) is 11.3 Å². The fourth-order valence-electron chi connectivity index (χ4n) is 2.99. The summed E-state index contributed by atoms with van der Waals surface area (Å²) in [6.07, 6.45) is 0. The number of nitrogens with one attached hydrogen (secondary N) is 1. The summed E-state index contributed by atoms with van der Waals surface area (Å²) in [5, 5.41) is 3.47. The first-order chi connectivity index (χ1) is 13.1. The zero-order valence-electron chi connectivity index (χ0n) is 14.2. The topological polar surface area (TPSA) is 46.9 Å². The minimum atomic E-state index is -0.142. The van der Waals surface area contributed by atoms with Gasteiger partial charge < -0.3 is 9.88 Å². The molecule has 0 spiro atoms. The molecule has 3 aromatic carbocycles. The SMILES string of the molecule is O=C(Cn1c(-c2cccc(Br)c2)nc2ccccc21)Nc1cccc(Cl)c1. The Morgan fingerprint density at radius 3 is 2.67 bits per heavy atom. The summed E-state index contributed by atoms with van der Waals surface area (Å²) in [7, 11) is 0. The lowest BCUT2D eigenvalue weighted by atomic mass is 10.2. The van der Waals surface area contributed by atoms with E-state index in [1.54, 1.807) is 18.2 Å². The first-order valence-electron chi connectivity index (χ1n) is 8.37. The number of amides is 1. The quantitative estimate of drug-likeness (QED) is 0.439. The Labute approximate surface area is 169 Å². The Balaban J connectivity index is 1.71. The number of anilines is 1. The summed E-state index contributed by atoms with van der Waals surface area (Å²) in [6, 6.07) is 22.8. The summed E-state index contributed by atoms with van der Waals surface area (Å²) < 4.78 is 2.89. The van der Waals surface area contributed by atoms with Gasteiger partial charge in [-0.25, -0.2) is 4.98 Å². The third-order valence-electron chi connectivity index (χ3n) is 4.15. The molecule has 1 aromatic heterocycles. The van der Waals surface area contributed by atoms with Gasteiger partial charge in [0.05, 0.1) is 11.0 Å². The van der Waals surface area contributed by atoms with Crippen molar-refractivity contribution in [2.45, 2.75) is 6.54 Å². The number of imidazole rings is 1. The summed E-state index contributed by atoms with van der Waals surface area (Å²) >= 11 is 9.50. The molecule has 0 bridgehead atoms. The number of para-hydroxylation sites is 2. The number of rotatable bonds is 4. The van der Waals surface area contributed by atoms with Crippen LogP contribution in [0.3, 0.4) is 0 Å². The molecule has 4 aromatic rings. The third kappa shape index (κ3) is 3.89. The van der Waals surface area contributed by atoms with Crippen LogP contribution in [0.25, 0.3) is 22.4 Å². The number of carbonyl (C=O) groups is 1. The molecule has 1 N–H and O–H groups in total. The third-order valence-corrected chi connectivity index (χ3v) is 4.88. The van der Waals surface area contributed by atoms with E-state index in [1.165, 1.54) is 0 Å². The van der Waals surface area contributed by atoms with Crippen molar-refractivity contribution in [1.82, 2.24) is 9.55 Å². The summed E-state index contributed by atoms with van der Waals surface area (Å²) in [5.74, 6) is 0.607. The fraction of sp³-hybridized carbons (Fsp3) is 0.0476. The van der Waals surface area contributed by atoms with E-state index >= 15 is 0 Å². The lowest BCUT2D eigenvalue weighted by molar-refractivity contribution is -0.116. The maximum atomic E-state index is 12.7. The maximum absolute atomic E-state index is 12.7. The zero-order valence-corrected chi connectivity index (χ0v) is 16.5. The van der Waals surface area contributed by atoms with Crippen molar-refractivity contribution in [3.63, 3.8) is 0 Å². The normalized spacial score (nSPS) is 10.9. The minimum Gasteiger partial charge on any atom is -0.324 e. The van der Waals surface area contributed by atoms with Crippen molar-refractivity contribution < 1.29 is 4.79 Å². The van der Waals surface area contributed by atoms with Crippen molar-refractivity contribution in [2.75, 3.05) is 5.32 Å². The van der Waals surface area contributed by atoms with Crippen molar-refractivity contribution in [2.24, 2.45) is 0 Å². The summed E-state index contributed by atoms with van der Waals surface area (Å²) in [5.41, 5.74) is 3.37. The predicted octanol–water partition coefficient (Wildman–Crippen LogP) is 5.76. The van der Waals surface area contributed by atoms with Crippen molar-refractivity contribution in [3.05, 3.63) is 82.3 Å². The summed E-state index contributed by atoms with van der Waals surface area (Å²) in [6.45, 7) is 0.148. The first-order valence-corrected chi connectivity index (χ1v) is 9.54. The van der Waals surface area contributed by atoms with Crippen LogP contribution in [-0.4, -0.2) is 15.5 Å². The molecule has 0 fully saturated rings. The molecule has 6 heteroatoms. The zero-order chi connectivity index (χ0) is 18.8. The maximum Gasteiger partial charge on any atom is 0.244 e. The molecule has 134 valence electrons. The number of carbonyl (C=O) groups excluding carboxylic acids is 1. The molecular formula is C21H15BrClN3O. The lowest BCUT2D eigenvalue weighted by Gasteiger charge is -2.11. The molecule has 0 aliphatic heterocycles. The summed E-state index contributed by atoms with van der Waals surface area (Å²) in [4.78, 5) is 17.4. The smallest absolute Gasteiger partial charge is 0.244 e. The standard InChI is InChI=1S/C21H15BrClN3O/c22-15-6-3-5-14(11-15)21-25-18-9-1-2-10-19(18)26(21)13-20(27)24-17-8-4-7-16(23)12-17/h1-12H,13H2,(H,24,27). The number of nitrogens with zero attached hydrogens (tertiary/aromatic N) is 2. The average Bonchev–Trinajstić information content (AvgIpc) is 3.00. The number of hydrogen-bond donors (Lipinski definition) is 1. The molecule has 0 aliphatic carbocycles. The van der Waals surface area contributed by atoms with Gasteiger partial charge in [0.1, 0.15) is 12.4 Å². The first kappa shape index (κ1) is 17.8. The van der Waals surface area contributed by atoms with E-state index in [2.05, 4.69) is 21.2 Å². The van der Waals surface area contributed by atoms with Gasteiger partial charge in [0.2, 0.25) is 5.91 Å². The molecule has 4 rings (SSSR count). The number of fused-ring (bicyclic) bond motifs is 1. The Morgan fingerprint density at radius 1 is 1.04 bits per heavy atom. The molecule has 0 atom stereocenters. The molecule has 1 heterocycles. The van der Waals surface area contributed by atoms with Gasteiger partial charge in [-0.3, -0.25) is 4.79 Å². The van der Waals surface area contributed by atoms with Gasteiger partial charge in [-0.15, -0.1) is 0 Å².